The van der Waals surface area contributed by atoms with Gasteiger partial charge in [0, 0.05) is 18.7 Å². The van der Waals surface area contributed by atoms with Crippen molar-refractivity contribution < 1.29 is 44.0 Å². The fourth-order valence-electron chi connectivity index (χ4n) is 2.65. The Hall–Kier alpha value is -3.55. The van der Waals surface area contributed by atoms with Crippen LogP contribution in [0.15, 0.2) is 30.3 Å². The second-order valence-corrected chi connectivity index (χ2v) is 6.65. The summed E-state index contributed by atoms with van der Waals surface area (Å²) in [5, 5.41) is 29.3. The number of rotatable bonds is 15. The third-order valence-electron chi connectivity index (χ3n) is 3.99. The zero-order valence-corrected chi connectivity index (χ0v) is 17.2. The van der Waals surface area contributed by atoms with Crippen LogP contribution in [-0.4, -0.2) is 101 Å². The molecule has 1 atom stereocenters. The lowest BCUT2D eigenvalue weighted by atomic mass is 10.2. The van der Waals surface area contributed by atoms with Gasteiger partial charge < -0.3 is 31.1 Å². The first-order valence-electron chi connectivity index (χ1n) is 9.44. The molecule has 176 valence electrons. The molecule has 0 spiro atoms. The van der Waals surface area contributed by atoms with E-state index in [1.807, 2.05) is 0 Å². The highest BCUT2D eigenvalue weighted by molar-refractivity contribution is 5.79. The van der Waals surface area contributed by atoms with Crippen LogP contribution in [0.5, 0.6) is 0 Å². The largest absolute Gasteiger partial charge is 0.480 e. The van der Waals surface area contributed by atoms with Crippen LogP contribution in [0.3, 0.4) is 0 Å². The molecule has 0 aliphatic heterocycles. The van der Waals surface area contributed by atoms with E-state index in [1.54, 1.807) is 30.3 Å². The van der Waals surface area contributed by atoms with Gasteiger partial charge in [0.05, 0.1) is 32.7 Å². The van der Waals surface area contributed by atoms with Gasteiger partial charge in [0.2, 0.25) is 12.1 Å². The summed E-state index contributed by atoms with van der Waals surface area (Å²) in [4.78, 5) is 59.3. The second kappa shape index (κ2) is 13.7. The number of nitrogens with one attached hydrogen (secondary N) is 1. The van der Waals surface area contributed by atoms with Gasteiger partial charge >= 0.3 is 23.9 Å². The van der Waals surface area contributed by atoms with E-state index in [2.05, 4.69) is 5.32 Å². The predicted molar refractivity (Wildman–Crippen MR) is 108 cm³/mol. The van der Waals surface area contributed by atoms with Gasteiger partial charge in [0.25, 0.3) is 0 Å². The molecule has 0 saturated heterocycles. The van der Waals surface area contributed by atoms with Crippen molar-refractivity contribution in [2.24, 2.45) is 5.73 Å². The smallest absolute Gasteiger partial charge is 0.322 e. The third kappa shape index (κ3) is 11.0. The maximum atomic E-state index is 12.4. The van der Waals surface area contributed by atoms with Crippen LogP contribution in [0, 0.1) is 0 Å². The number of amides is 1. The normalized spacial score (nSPS) is 11.7. The highest BCUT2D eigenvalue weighted by Crippen LogP contribution is 2.14. The molecule has 1 aromatic carbocycles. The van der Waals surface area contributed by atoms with Gasteiger partial charge in [0.15, 0.2) is 0 Å². The molecule has 0 aromatic heterocycles. The van der Waals surface area contributed by atoms with Crippen LogP contribution < -0.4 is 11.1 Å². The topological polar surface area (TPSA) is 200 Å². The van der Waals surface area contributed by atoms with E-state index in [4.69, 9.17) is 25.8 Å². The van der Waals surface area contributed by atoms with Crippen LogP contribution in [0.1, 0.15) is 11.8 Å². The summed E-state index contributed by atoms with van der Waals surface area (Å²) in [5.74, 6) is -5.20. The maximum Gasteiger partial charge on any atom is 0.322 e. The zero-order chi connectivity index (χ0) is 24.1. The SMILES string of the molecule is NCC(=O)NC(OC(=O)CN(CCN(CC(=O)O)CC(=O)O)CC(=O)O)c1ccccc1. The summed E-state index contributed by atoms with van der Waals surface area (Å²) in [6.07, 6.45) is -1.15. The standard InChI is InChI=1S/C19H26N4O9/c20-8-14(24)21-19(13-4-2-1-3-5-13)32-18(31)12-23(11-17(29)30)7-6-22(9-15(25)26)10-16(27)28/h1-5,19H,6-12,20H2,(H,21,24)(H,25,26)(H,27,28)(H,29,30). The number of esters is 1. The minimum atomic E-state index is -1.25. The first-order chi connectivity index (χ1) is 15.1. The van der Waals surface area contributed by atoms with Crippen LogP contribution >= 0.6 is 0 Å². The number of carbonyl (C=O) groups is 5. The Morgan fingerprint density at radius 2 is 1.31 bits per heavy atom. The first kappa shape index (κ1) is 26.5. The lowest BCUT2D eigenvalue weighted by molar-refractivity contribution is -0.155. The van der Waals surface area contributed by atoms with E-state index < -0.39 is 62.2 Å². The number of carbonyl (C=O) groups excluding carboxylic acids is 2. The van der Waals surface area contributed by atoms with Gasteiger partial charge in [-0.2, -0.15) is 0 Å². The molecule has 0 radical (unpaired) electrons. The average Bonchev–Trinajstić information content (AvgIpc) is 2.70. The molecule has 13 heteroatoms. The van der Waals surface area contributed by atoms with Crippen molar-refractivity contribution in [1.29, 1.82) is 0 Å². The van der Waals surface area contributed by atoms with E-state index in [9.17, 15) is 24.0 Å². The molecule has 1 amide bonds. The van der Waals surface area contributed by atoms with E-state index in [1.165, 1.54) is 0 Å². The van der Waals surface area contributed by atoms with Crippen molar-refractivity contribution in [3.63, 3.8) is 0 Å². The van der Waals surface area contributed by atoms with Crippen LogP contribution in [0.2, 0.25) is 0 Å². The van der Waals surface area contributed by atoms with Crippen molar-refractivity contribution in [1.82, 2.24) is 15.1 Å². The summed E-state index contributed by atoms with van der Waals surface area (Å²) in [6.45, 7) is -2.79. The Morgan fingerprint density at radius 1 is 0.844 bits per heavy atom. The monoisotopic (exact) mass is 454 g/mol. The Kier molecular flexibility index (Phi) is 11.3. The molecular formula is C19H26N4O9. The molecule has 1 rings (SSSR count). The number of ether oxygens (including phenoxy) is 1. The van der Waals surface area contributed by atoms with Gasteiger partial charge in [-0.15, -0.1) is 0 Å². The second-order valence-electron chi connectivity index (χ2n) is 6.65. The van der Waals surface area contributed by atoms with Crippen molar-refractivity contribution >= 4 is 29.8 Å². The highest BCUT2D eigenvalue weighted by Gasteiger charge is 2.22. The lowest BCUT2D eigenvalue weighted by Crippen LogP contribution is -2.44. The van der Waals surface area contributed by atoms with Crippen molar-refractivity contribution in [3.8, 4) is 0 Å². The number of carboxylic acid groups (broad SMARTS) is 3. The third-order valence-corrected chi connectivity index (χ3v) is 3.99. The van der Waals surface area contributed by atoms with Crippen LogP contribution in [0.25, 0.3) is 0 Å². The molecular weight excluding hydrogens is 428 g/mol. The van der Waals surface area contributed by atoms with Gasteiger partial charge in [-0.1, -0.05) is 30.3 Å². The average molecular weight is 454 g/mol. The number of hydrogen-bond donors (Lipinski definition) is 5. The van der Waals surface area contributed by atoms with E-state index >= 15 is 0 Å². The van der Waals surface area contributed by atoms with Crippen molar-refractivity contribution in [2.75, 3.05) is 45.8 Å². The summed E-state index contributed by atoms with van der Waals surface area (Å²) < 4.78 is 5.29. The number of nitrogens with two attached hydrogens (primary N) is 1. The molecule has 0 aliphatic rings. The number of benzene rings is 1. The van der Waals surface area contributed by atoms with E-state index in [0.29, 0.717) is 5.56 Å². The van der Waals surface area contributed by atoms with Crippen molar-refractivity contribution in [3.05, 3.63) is 35.9 Å². The van der Waals surface area contributed by atoms with Crippen molar-refractivity contribution in [2.45, 2.75) is 6.23 Å². The molecule has 0 fully saturated rings. The molecule has 13 nitrogen and oxygen atoms in total. The number of nitrogens with zero attached hydrogens (tertiary/aromatic N) is 2. The summed E-state index contributed by atoms with van der Waals surface area (Å²) >= 11 is 0. The van der Waals surface area contributed by atoms with E-state index in [-0.39, 0.29) is 19.6 Å². The Balaban J connectivity index is 2.83. The number of aliphatic carboxylic acids is 3. The molecule has 0 saturated carbocycles. The fourth-order valence-corrected chi connectivity index (χ4v) is 2.65. The molecule has 32 heavy (non-hydrogen) atoms. The summed E-state index contributed by atoms with van der Waals surface area (Å²) in [6, 6.07) is 8.28. The zero-order valence-electron chi connectivity index (χ0n) is 17.2. The Labute approximate surface area is 183 Å². The van der Waals surface area contributed by atoms with Crippen LogP contribution in [-0.2, 0) is 28.7 Å². The quantitative estimate of drug-likeness (QED) is 0.147. The van der Waals surface area contributed by atoms with Gasteiger partial charge in [-0.25, -0.2) is 0 Å². The minimum absolute atomic E-state index is 0.118. The van der Waals surface area contributed by atoms with Gasteiger partial charge in [-0.05, 0) is 0 Å². The van der Waals surface area contributed by atoms with E-state index in [0.717, 1.165) is 9.80 Å². The molecule has 0 bridgehead atoms. The predicted octanol–water partition coefficient (Wildman–Crippen LogP) is -1.84. The maximum absolute atomic E-state index is 12.4. The number of carboxylic acids is 3. The summed E-state index contributed by atoms with van der Waals surface area (Å²) in [7, 11) is 0. The highest BCUT2D eigenvalue weighted by atomic mass is 16.6. The minimum Gasteiger partial charge on any atom is -0.480 e. The molecule has 6 N–H and O–H groups in total. The molecule has 0 heterocycles. The molecule has 1 aromatic rings. The van der Waals surface area contributed by atoms with Crippen LogP contribution in [0.4, 0.5) is 0 Å². The summed E-state index contributed by atoms with van der Waals surface area (Å²) in [5.41, 5.74) is 5.75. The van der Waals surface area contributed by atoms with Gasteiger partial charge in [-0.3, -0.25) is 33.8 Å². The Bertz CT molecular complexity index is 787. The first-order valence-corrected chi connectivity index (χ1v) is 9.44. The molecule has 1 unspecified atom stereocenters. The lowest BCUT2D eigenvalue weighted by Gasteiger charge is -2.25. The molecule has 0 aliphatic carbocycles. The van der Waals surface area contributed by atoms with Gasteiger partial charge in [0.1, 0.15) is 0 Å². The number of hydrogen-bond acceptors (Lipinski definition) is 9. The Morgan fingerprint density at radius 3 is 1.75 bits per heavy atom. The fraction of sp³-hybridized carbons (Fsp3) is 0.421.